The first-order valence-corrected chi connectivity index (χ1v) is 3.34. The Bertz CT molecular complexity index is 137. The van der Waals surface area contributed by atoms with Crippen molar-refractivity contribution in [2.24, 2.45) is 0 Å². The molecule has 0 radical (unpaired) electrons. The highest BCUT2D eigenvalue weighted by Gasteiger charge is 1.65. The Kier molecular flexibility index (Phi) is 9.96. The van der Waals surface area contributed by atoms with E-state index in [0.29, 0.717) is 0 Å². The zero-order valence-electron chi connectivity index (χ0n) is 5.49. The minimum atomic E-state index is -2.61. The van der Waals surface area contributed by atoms with E-state index in [-0.39, 0.29) is 0 Å². The van der Waals surface area contributed by atoms with Gasteiger partial charge in [-0.1, -0.05) is 31.9 Å². The second kappa shape index (κ2) is 8.29. The largest absolute Gasteiger partial charge is 0.299 e. The van der Waals surface area contributed by atoms with Gasteiger partial charge in [-0.15, -0.1) is 0 Å². The van der Waals surface area contributed by atoms with E-state index >= 15 is 0 Å². The average Bonchev–Trinajstić information content (AvgIpc) is 1.85. The molecule has 4 heteroatoms. The lowest BCUT2D eigenvalue weighted by atomic mass is 10.3. The van der Waals surface area contributed by atoms with E-state index in [1.807, 2.05) is 0 Å². The predicted octanol–water partition coefficient (Wildman–Crippen LogP) is 1.60. The van der Waals surface area contributed by atoms with Gasteiger partial charge in [-0.2, -0.15) is 4.21 Å². The summed E-state index contributed by atoms with van der Waals surface area (Å²) in [5.74, 6) is 0. The topological polar surface area (TPSA) is 57.5 Å². The lowest BCUT2D eigenvalue weighted by Crippen LogP contribution is -1.74. The van der Waals surface area contributed by atoms with Crippen molar-refractivity contribution in [3.63, 3.8) is 0 Å². The Morgan fingerprint density at radius 3 is 1.50 bits per heavy atom. The second-order valence-corrected chi connectivity index (χ2v) is 1.68. The van der Waals surface area contributed by atoms with Gasteiger partial charge in [-0.05, 0) is 5.57 Å². The van der Waals surface area contributed by atoms with Gasteiger partial charge in [0.15, 0.2) is 0 Å². The Labute approximate surface area is 62.9 Å². The molecule has 0 atom stereocenters. The summed E-state index contributed by atoms with van der Waals surface area (Å²) in [5.41, 5.74) is 0.870. The number of hydrogen-bond donors (Lipinski definition) is 2. The fourth-order valence-electron chi connectivity index (χ4n) is 0.0833. The highest BCUT2D eigenvalue weighted by molar-refractivity contribution is 7.73. The Morgan fingerprint density at radius 2 is 1.50 bits per heavy atom. The fourth-order valence-corrected chi connectivity index (χ4v) is 0.0833. The lowest BCUT2D eigenvalue weighted by molar-refractivity contribution is 0.454. The summed E-state index contributed by atoms with van der Waals surface area (Å²) < 4.78 is 22.8. The first-order valence-electron chi connectivity index (χ1n) is 2.28. The van der Waals surface area contributed by atoms with E-state index in [4.69, 9.17) is 13.3 Å². The van der Waals surface area contributed by atoms with E-state index in [1.54, 1.807) is 12.2 Å². The quantitative estimate of drug-likeness (QED) is 0.479. The standard InChI is InChI=1S/C6H8.H2O3S/c1-4-6(3)5-2;1-4(2)3/h4-5H,1-3H2;(H2,1,2,3). The molecule has 0 aliphatic rings. The molecule has 10 heavy (non-hydrogen) atoms. The van der Waals surface area contributed by atoms with Crippen LogP contribution < -0.4 is 0 Å². The minimum Gasteiger partial charge on any atom is -0.284 e. The molecule has 2 N–H and O–H groups in total. The number of rotatable bonds is 2. The molecule has 0 aromatic carbocycles. The highest BCUT2D eigenvalue weighted by Crippen LogP contribution is 1.86. The summed E-state index contributed by atoms with van der Waals surface area (Å²) in [6.07, 6.45) is 3.32. The molecule has 0 amide bonds. The van der Waals surface area contributed by atoms with Gasteiger partial charge >= 0.3 is 0 Å². The van der Waals surface area contributed by atoms with Crippen LogP contribution in [0.1, 0.15) is 0 Å². The van der Waals surface area contributed by atoms with Crippen LogP contribution in [0.4, 0.5) is 0 Å². The van der Waals surface area contributed by atoms with Crippen LogP contribution in [0.15, 0.2) is 37.5 Å². The SMILES string of the molecule is C=CC(=C)C=C.O=S(O)O. The third-order valence-corrected chi connectivity index (χ3v) is 0.524. The van der Waals surface area contributed by atoms with Crippen molar-refractivity contribution >= 4 is 11.4 Å². The summed E-state index contributed by atoms with van der Waals surface area (Å²) in [5, 5.41) is 0. The highest BCUT2D eigenvalue weighted by atomic mass is 32.2. The minimum absolute atomic E-state index is 0.870. The Hall–Kier alpha value is -0.710. The van der Waals surface area contributed by atoms with Crippen LogP contribution in [0.3, 0.4) is 0 Å². The van der Waals surface area contributed by atoms with E-state index in [0.717, 1.165) is 5.57 Å². The van der Waals surface area contributed by atoms with E-state index < -0.39 is 11.4 Å². The molecule has 0 saturated carbocycles. The third kappa shape index (κ3) is 26.6. The molecule has 0 unspecified atom stereocenters. The lowest BCUT2D eigenvalue weighted by Gasteiger charge is -1.76. The summed E-state index contributed by atoms with van der Waals surface area (Å²) in [6, 6.07) is 0. The van der Waals surface area contributed by atoms with Gasteiger partial charge in [0, 0.05) is 0 Å². The monoisotopic (exact) mass is 162 g/mol. The molecule has 0 rings (SSSR count). The smallest absolute Gasteiger partial charge is 0.284 e. The van der Waals surface area contributed by atoms with Crippen LogP contribution >= 0.6 is 0 Å². The van der Waals surface area contributed by atoms with Gasteiger partial charge in [0.1, 0.15) is 0 Å². The summed E-state index contributed by atoms with van der Waals surface area (Å²) >= 11 is -2.61. The molecule has 0 heterocycles. The van der Waals surface area contributed by atoms with Gasteiger partial charge in [0.2, 0.25) is 0 Å². The molecule has 0 bridgehead atoms. The fraction of sp³-hybridized carbons (Fsp3) is 0. The molecule has 58 valence electrons. The summed E-state index contributed by atoms with van der Waals surface area (Å²) in [7, 11) is 0. The Balaban J connectivity index is 0. The second-order valence-electron chi connectivity index (χ2n) is 1.21. The molecule has 0 aromatic heterocycles. The first kappa shape index (κ1) is 12.0. The van der Waals surface area contributed by atoms with Gasteiger partial charge in [-0.25, -0.2) is 0 Å². The van der Waals surface area contributed by atoms with Crippen molar-refractivity contribution in [1.29, 1.82) is 0 Å². The molecular formula is C6H10O3S. The van der Waals surface area contributed by atoms with Crippen LogP contribution in [-0.4, -0.2) is 13.3 Å². The maximum absolute atomic E-state index is 8.67. The van der Waals surface area contributed by atoms with Crippen molar-refractivity contribution in [3.8, 4) is 0 Å². The molecular weight excluding hydrogens is 152 g/mol. The van der Waals surface area contributed by atoms with Gasteiger partial charge in [0.25, 0.3) is 11.4 Å². The molecule has 0 saturated heterocycles. The average molecular weight is 162 g/mol. The van der Waals surface area contributed by atoms with Crippen molar-refractivity contribution in [2.75, 3.05) is 0 Å². The van der Waals surface area contributed by atoms with Gasteiger partial charge in [-0.3, -0.25) is 9.11 Å². The molecule has 0 aliphatic heterocycles. The Morgan fingerprint density at radius 1 is 1.30 bits per heavy atom. The number of allylic oxidation sites excluding steroid dienone is 3. The maximum Gasteiger partial charge on any atom is 0.299 e. The van der Waals surface area contributed by atoms with Crippen LogP contribution in [0.25, 0.3) is 0 Å². The molecule has 3 nitrogen and oxygen atoms in total. The summed E-state index contributed by atoms with van der Waals surface area (Å²) in [4.78, 5) is 0. The maximum atomic E-state index is 8.67. The van der Waals surface area contributed by atoms with Crippen molar-refractivity contribution in [3.05, 3.63) is 37.5 Å². The summed E-state index contributed by atoms with van der Waals surface area (Å²) in [6.45, 7) is 10.5. The third-order valence-electron chi connectivity index (χ3n) is 0.524. The van der Waals surface area contributed by atoms with Crippen molar-refractivity contribution in [1.82, 2.24) is 0 Å². The van der Waals surface area contributed by atoms with E-state index in [1.165, 1.54) is 0 Å². The molecule has 0 spiro atoms. The van der Waals surface area contributed by atoms with E-state index in [2.05, 4.69) is 19.7 Å². The van der Waals surface area contributed by atoms with Gasteiger partial charge in [0.05, 0.1) is 0 Å². The van der Waals surface area contributed by atoms with Crippen LogP contribution in [0.5, 0.6) is 0 Å². The van der Waals surface area contributed by atoms with Crippen LogP contribution in [0, 0.1) is 0 Å². The molecule has 0 aromatic rings. The van der Waals surface area contributed by atoms with Gasteiger partial charge < -0.3 is 0 Å². The number of hydrogen-bond acceptors (Lipinski definition) is 1. The molecule has 0 fully saturated rings. The van der Waals surface area contributed by atoms with Crippen molar-refractivity contribution in [2.45, 2.75) is 0 Å². The normalized spacial score (nSPS) is 7.50. The van der Waals surface area contributed by atoms with Crippen LogP contribution in [-0.2, 0) is 11.4 Å². The first-order chi connectivity index (χ1) is 4.54. The zero-order valence-corrected chi connectivity index (χ0v) is 6.30. The van der Waals surface area contributed by atoms with Crippen LogP contribution in [0.2, 0.25) is 0 Å². The van der Waals surface area contributed by atoms with E-state index in [9.17, 15) is 0 Å². The van der Waals surface area contributed by atoms with Crippen molar-refractivity contribution < 1.29 is 13.3 Å². The molecule has 0 aliphatic carbocycles. The zero-order chi connectivity index (χ0) is 8.57. The predicted molar refractivity (Wildman–Crippen MR) is 42.9 cm³/mol.